The van der Waals surface area contributed by atoms with E-state index in [9.17, 15) is 9.18 Å². The molecule has 1 aliphatic rings. The monoisotopic (exact) mass is 355 g/mol. The fourth-order valence-electron chi connectivity index (χ4n) is 2.75. The molecule has 0 bridgehead atoms. The molecule has 1 amide bonds. The van der Waals surface area contributed by atoms with Crippen LogP contribution in [0, 0.1) is 5.82 Å². The van der Waals surface area contributed by atoms with E-state index in [0.717, 1.165) is 5.56 Å². The van der Waals surface area contributed by atoms with E-state index < -0.39 is 24.1 Å². The van der Waals surface area contributed by atoms with Gasteiger partial charge in [0.1, 0.15) is 5.82 Å². The fourth-order valence-corrected chi connectivity index (χ4v) is 2.75. The lowest BCUT2D eigenvalue weighted by Gasteiger charge is -2.32. The van der Waals surface area contributed by atoms with Gasteiger partial charge in [-0.3, -0.25) is 4.79 Å². The predicted molar refractivity (Wildman–Crippen MR) is 101 cm³/mol. The Morgan fingerprint density at radius 2 is 1.65 bits per heavy atom. The first-order chi connectivity index (χ1) is 12.2. The van der Waals surface area contributed by atoms with E-state index in [1.807, 2.05) is 58.0 Å². The highest BCUT2D eigenvalue weighted by molar-refractivity contribution is 6.62. The zero-order valence-corrected chi connectivity index (χ0v) is 15.5. The highest BCUT2D eigenvalue weighted by Crippen LogP contribution is 2.36. The van der Waals surface area contributed by atoms with Gasteiger partial charge in [0.05, 0.1) is 17.6 Å². The minimum absolute atomic E-state index is 0.195. The third kappa shape index (κ3) is 3.81. The molecule has 3 rings (SSSR count). The average molecular weight is 355 g/mol. The summed E-state index contributed by atoms with van der Waals surface area (Å²) in [6, 6.07) is 13.9. The highest BCUT2D eigenvalue weighted by atomic mass is 19.1. The number of anilines is 1. The van der Waals surface area contributed by atoms with E-state index in [1.165, 1.54) is 6.07 Å². The number of carbonyl (C=O) groups is 1. The first kappa shape index (κ1) is 18.6. The van der Waals surface area contributed by atoms with Gasteiger partial charge in [-0.25, -0.2) is 4.39 Å². The lowest BCUT2D eigenvalue weighted by molar-refractivity contribution is -0.115. The second kappa shape index (κ2) is 6.85. The normalized spacial score (nSPS) is 18.0. The van der Waals surface area contributed by atoms with Crippen LogP contribution in [0.4, 0.5) is 10.1 Å². The van der Waals surface area contributed by atoms with Gasteiger partial charge in [0, 0.05) is 11.2 Å². The number of halogens is 1. The summed E-state index contributed by atoms with van der Waals surface area (Å²) in [5.74, 6) is -0.667. The summed E-state index contributed by atoms with van der Waals surface area (Å²) in [6.45, 7) is 7.68. The molecule has 1 saturated heterocycles. The van der Waals surface area contributed by atoms with Crippen molar-refractivity contribution in [2.45, 2.75) is 45.3 Å². The van der Waals surface area contributed by atoms with Gasteiger partial charge in [-0.1, -0.05) is 36.4 Å². The van der Waals surface area contributed by atoms with Crippen molar-refractivity contribution in [2.24, 2.45) is 0 Å². The highest BCUT2D eigenvalue weighted by Gasteiger charge is 2.52. The molecule has 0 saturated carbocycles. The lowest BCUT2D eigenvalue weighted by atomic mass is 9.78. The average Bonchev–Trinajstić information content (AvgIpc) is 2.76. The van der Waals surface area contributed by atoms with E-state index in [1.54, 1.807) is 12.1 Å². The van der Waals surface area contributed by atoms with Crippen LogP contribution in [0.3, 0.4) is 0 Å². The Morgan fingerprint density at radius 1 is 1.04 bits per heavy atom. The van der Waals surface area contributed by atoms with E-state index in [2.05, 4.69) is 5.32 Å². The van der Waals surface area contributed by atoms with Crippen LogP contribution in [-0.4, -0.2) is 24.2 Å². The maximum Gasteiger partial charge on any atom is 0.497 e. The van der Waals surface area contributed by atoms with Crippen LogP contribution in [-0.2, 0) is 20.5 Å². The molecular formula is C20H23BFNO3. The van der Waals surface area contributed by atoms with Crippen LogP contribution in [0.5, 0.6) is 0 Å². The van der Waals surface area contributed by atoms with Gasteiger partial charge in [0.15, 0.2) is 0 Å². The number of rotatable bonds is 4. The summed E-state index contributed by atoms with van der Waals surface area (Å²) in [6.07, 6.45) is 0.238. The third-order valence-corrected chi connectivity index (χ3v) is 5.00. The van der Waals surface area contributed by atoms with Crippen molar-refractivity contribution in [3.8, 4) is 0 Å². The number of carbonyl (C=O) groups excluding carboxylic acids is 1. The third-order valence-electron chi connectivity index (χ3n) is 5.00. The number of nitrogens with one attached hydrogen (secondary N) is 1. The second-order valence-corrected chi connectivity index (χ2v) is 7.54. The van der Waals surface area contributed by atoms with Gasteiger partial charge >= 0.3 is 7.12 Å². The predicted octanol–water partition coefficient (Wildman–Crippen LogP) is 3.31. The molecule has 0 spiro atoms. The zero-order valence-electron chi connectivity index (χ0n) is 15.5. The van der Waals surface area contributed by atoms with Crippen molar-refractivity contribution in [1.82, 2.24) is 0 Å². The van der Waals surface area contributed by atoms with Gasteiger partial charge in [0.25, 0.3) is 0 Å². The first-order valence-corrected chi connectivity index (χ1v) is 8.67. The van der Waals surface area contributed by atoms with E-state index in [0.29, 0.717) is 11.2 Å². The molecule has 0 radical (unpaired) electrons. The Bertz CT molecular complexity index is 792. The molecular weight excluding hydrogens is 332 g/mol. The SMILES string of the molecule is CC1(C)OB(c2ccc(NC(=O)Cc3ccccc3)cc2F)OC1(C)C. The van der Waals surface area contributed by atoms with Crippen molar-refractivity contribution < 1.29 is 18.5 Å². The van der Waals surface area contributed by atoms with Crippen molar-refractivity contribution >= 4 is 24.2 Å². The molecule has 0 aliphatic carbocycles. The molecule has 1 heterocycles. The molecule has 1 N–H and O–H groups in total. The van der Waals surface area contributed by atoms with Gasteiger partial charge in [-0.2, -0.15) is 0 Å². The number of hydrogen-bond acceptors (Lipinski definition) is 3. The zero-order chi connectivity index (χ0) is 18.9. The Balaban J connectivity index is 1.69. The molecule has 2 aromatic carbocycles. The summed E-state index contributed by atoms with van der Waals surface area (Å²) < 4.78 is 26.3. The lowest BCUT2D eigenvalue weighted by Crippen LogP contribution is -2.41. The van der Waals surface area contributed by atoms with Crippen LogP contribution in [0.25, 0.3) is 0 Å². The number of benzene rings is 2. The smallest absolute Gasteiger partial charge is 0.399 e. The summed E-state index contributed by atoms with van der Waals surface area (Å²) in [4.78, 5) is 12.1. The van der Waals surface area contributed by atoms with Gasteiger partial charge in [0.2, 0.25) is 5.91 Å². The van der Waals surface area contributed by atoms with Crippen LogP contribution in [0.15, 0.2) is 48.5 Å². The van der Waals surface area contributed by atoms with Crippen molar-refractivity contribution in [3.63, 3.8) is 0 Å². The summed E-state index contributed by atoms with van der Waals surface area (Å²) in [5.41, 5.74) is 0.562. The van der Waals surface area contributed by atoms with Crippen LogP contribution in [0.2, 0.25) is 0 Å². The Morgan fingerprint density at radius 3 is 2.23 bits per heavy atom. The van der Waals surface area contributed by atoms with Crippen molar-refractivity contribution in [2.75, 3.05) is 5.32 Å². The summed E-state index contributed by atoms with van der Waals surface area (Å²) >= 11 is 0. The summed E-state index contributed by atoms with van der Waals surface area (Å²) in [5, 5.41) is 2.72. The number of amides is 1. The van der Waals surface area contributed by atoms with Gasteiger partial charge in [-0.05, 0) is 45.4 Å². The maximum atomic E-state index is 14.6. The summed E-state index contributed by atoms with van der Waals surface area (Å²) in [7, 11) is -0.769. The molecule has 4 nitrogen and oxygen atoms in total. The number of hydrogen-bond donors (Lipinski definition) is 1. The minimum atomic E-state index is -0.769. The van der Waals surface area contributed by atoms with Crippen molar-refractivity contribution in [3.05, 3.63) is 59.9 Å². The Hall–Kier alpha value is -2.18. The first-order valence-electron chi connectivity index (χ1n) is 8.67. The van der Waals surface area contributed by atoms with Gasteiger partial charge in [-0.15, -0.1) is 0 Å². The van der Waals surface area contributed by atoms with E-state index in [-0.39, 0.29) is 12.3 Å². The largest absolute Gasteiger partial charge is 0.497 e. The molecule has 1 aliphatic heterocycles. The minimum Gasteiger partial charge on any atom is -0.399 e. The van der Waals surface area contributed by atoms with Crippen LogP contribution >= 0.6 is 0 Å². The topological polar surface area (TPSA) is 47.6 Å². The fraction of sp³-hybridized carbons (Fsp3) is 0.350. The van der Waals surface area contributed by atoms with Crippen molar-refractivity contribution in [1.29, 1.82) is 0 Å². The molecule has 0 atom stereocenters. The molecule has 2 aromatic rings. The standard InChI is InChI=1S/C20H23BFNO3/c1-19(2)20(3,4)26-21(25-19)16-11-10-15(13-17(16)22)23-18(24)12-14-8-6-5-7-9-14/h5-11,13H,12H2,1-4H3,(H,23,24). The van der Waals surface area contributed by atoms with Crippen LogP contribution in [0.1, 0.15) is 33.3 Å². The molecule has 0 aromatic heterocycles. The molecule has 26 heavy (non-hydrogen) atoms. The second-order valence-electron chi connectivity index (χ2n) is 7.54. The Labute approximate surface area is 153 Å². The van der Waals surface area contributed by atoms with Crippen LogP contribution < -0.4 is 10.8 Å². The molecule has 6 heteroatoms. The van der Waals surface area contributed by atoms with E-state index in [4.69, 9.17) is 9.31 Å². The molecule has 136 valence electrons. The van der Waals surface area contributed by atoms with Gasteiger partial charge < -0.3 is 14.6 Å². The Kier molecular flexibility index (Phi) is 4.91. The quantitative estimate of drug-likeness (QED) is 0.856. The molecule has 1 fully saturated rings. The maximum absolute atomic E-state index is 14.6. The molecule has 0 unspecified atom stereocenters. The van der Waals surface area contributed by atoms with E-state index >= 15 is 0 Å².